The van der Waals surface area contributed by atoms with Crippen LogP contribution in [-0.2, 0) is 9.59 Å². The molecule has 2 fully saturated rings. The fraction of sp³-hybridized carbons (Fsp3) is 0.667. The second-order valence-corrected chi connectivity index (χ2v) is 7.90. The molecule has 6 heteroatoms. The average Bonchev–Trinajstić information content (AvgIpc) is 3.32. The maximum atomic E-state index is 12.7. The van der Waals surface area contributed by atoms with Crippen molar-refractivity contribution in [1.82, 2.24) is 15.5 Å². The first-order valence-corrected chi connectivity index (χ1v) is 9.86. The maximum Gasteiger partial charge on any atom is 0.237 e. The van der Waals surface area contributed by atoms with E-state index < -0.39 is 0 Å². The summed E-state index contributed by atoms with van der Waals surface area (Å²) in [7, 11) is 0. The zero-order valence-corrected chi connectivity index (χ0v) is 15.1. The summed E-state index contributed by atoms with van der Waals surface area (Å²) in [6.45, 7) is 5.19. The van der Waals surface area contributed by atoms with Crippen LogP contribution in [0.15, 0.2) is 17.5 Å². The summed E-state index contributed by atoms with van der Waals surface area (Å²) in [6.07, 6.45) is 4.10. The molecule has 3 rings (SSSR count). The summed E-state index contributed by atoms with van der Waals surface area (Å²) in [6, 6.07) is 4.00. The maximum absolute atomic E-state index is 12.7. The predicted molar refractivity (Wildman–Crippen MR) is 96.1 cm³/mol. The van der Waals surface area contributed by atoms with E-state index in [0.29, 0.717) is 12.5 Å². The molecule has 5 nitrogen and oxygen atoms in total. The van der Waals surface area contributed by atoms with Crippen LogP contribution >= 0.6 is 11.3 Å². The van der Waals surface area contributed by atoms with E-state index in [4.69, 9.17) is 0 Å². The first-order valence-electron chi connectivity index (χ1n) is 8.98. The van der Waals surface area contributed by atoms with Crippen molar-refractivity contribution >= 4 is 23.2 Å². The highest BCUT2D eigenvalue weighted by atomic mass is 32.1. The molecule has 0 aromatic carbocycles. The average molecular weight is 350 g/mol. The zero-order chi connectivity index (χ0) is 16.9. The van der Waals surface area contributed by atoms with Crippen LogP contribution in [0, 0.1) is 5.92 Å². The Morgan fingerprint density at radius 2 is 2.29 bits per heavy atom. The van der Waals surface area contributed by atoms with Gasteiger partial charge in [0, 0.05) is 24.5 Å². The van der Waals surface area contributed by atoms with Gasteiger partial charge in [0.05, 0.1) is 12.0 Å². The Morgan fingerprint density at radius 1 is 1.42 bits per heavy atom. The molecule has 2 saturated heterocycles. The quantitative estimate of drug-likeness (QED) is 0.854. The number of nitrogens with zero attached hydrogens (tertiary/aromatic N) is 1. The monoisotopic (exact) mass is 349 g/mol. The molecule has 0 bridgehead atoms. The van der Waals surface area contributed by atoms with Gasteiger partial charge in [0.25, 0.3) is 0 Å². The van der Waals surface area contributed by atoms with Gasteiger partial charge in [-0.1, -0.05) is 6.07 Å². The summed E-state index contributed by atoms with van der Waals surface area (Å²) in [5, 5.41) is 8.32. The topological polar surface area (TPSA) is 61.4 Å². The van der Waals surface area contributed by atoms with Gasteiger partial charge in [-0.25, -0.2) is 0 Å². The highest BCUT2D eigenvalue weighted by Crippen LogP contribution is 2.25. The van der Waals surface area contributed by atoms with Crippen molar-refractivity contribution in [2.75, 3.05) is 26.2 Å². The van der Waals surface area contributed by atoms with E-state index in [9.17, 15) is 9.59 Å². The van der Waals surface area contributed by atoms with E-state index in [1.165, 1.54) is 0 Å². The first kappa shape index (κ1) is 17.4. The van der Waals surface area contributed by atoms with E-state index in [2.05, 4.69) is 10.6 Å². The van der Waals surface area contributed by atoms with E-state index in [1.54, 1.807) is 11.3 Å². The Morgan fingerprint density at radius 3 is 3.00 bits per heavy atom. The van der Waals surface area contributed by atoms with Crippen LogP contribution in [0.25, 0.3) is 0 Å². The third-order valence-electron chi connectivity index (χ3n) is 5.11. The lowest BCUT2D eigenvalue weighted by molar-refractivity contribution is -0.134. The molecule has 0 unspecified atom stereocenters. The number of piperidine rings is 1. The minimum Gasteiger partial charge on any atom is -0.354 e. The lowest BCUT2D eigenvalue weighted by Gasteiger charge is -2.34. The van der Waals surface area contributed by atoms with Crippen molar-refractivity contribution in [2.45, 2.75) is 44.6 Å². The Kier molecular flexibility index (Phi) is 5.89. The number of carbonyl (C=O) groups is 2. The summed E-state index contributed by atoms with van der Waals surface area (Å²) < 4.78 is 0. The van der Waals surface area contributed by atoms with Gasteiger partial charge in [-0.2, -0.15) is 0 Å². The summed E-state index contributed by atoms with van der Waals surface area (Å²) >= 11 is 1.64. The SMILES string of the molecule is C[C@H](C(=O)N1CCC[C@@H](CNC(=O)[C@H]2CCCN2)C1)c1cccs1. The smallest absolute Gasteiger partial charge is 0.237 e. The normalized spacial score (nSPS) is 25.5. The Bertz CT molecular complexity index is 555. The van der Waals surface area contributed by atoms with Crippen LogP contribution in [0.4, 0.5) is 0 Å². The van der Waals surface area contributed by atoms with Crippen molar-refractivity contribution in [2.24, 2.45) is 5.92 Å². The van der Waals surface area contributed by atoms with Crippen LogP contribution in [0.3, 0.4) is 0 Å². The fourth-order valence-electron chi connectivity index (χ4n) is 3.64. The highest BCUT2D eigenvalue weighted by molar-refractivity contribution is 7.10. The van der Waals surface area contributed by atoms with Crippen LogP contribution in [0.5, 0.6) is 0 Å². The van der Waals surface area contributed by atoms with Crippen LogP contribution in [-0.4, -0.2) is 48.9 Å². The Hall–Kier alpha value is -1.40. The van der Waals surface area contributed by atoms with Crippen molar-refractivity contribution < 1.29 is 9.59 Å². The molecule has 132 valence electrons. The van der Waals surface area contributed by atoms with Gasteiger partial charge >= 0.3 is 0 Å². The first-order chi connectivity index (χ1) is 11.6. The number of nitrogens with one attached hydrogen (secondary N) is 2. The third-order valence-corrected chi connectivity index (χ3v) is 6.17. The van der Waals surface area contributed by atoms with Gasteiger partial charge in [-0.15, -0.1) is 11.3 Å². The van der Waals surface area contributed by atoms with Crippen molar-refractivity contribution in [1.29, 1.82) is 0 Å². The molecule has 2 amide bonds. The molecule has 2 aliphatic heterocycles. The molecule has 1 aromatic heterocycles. The van der Waals surface area contributed by atoms with Crippen LogP contribution < -0.4 is 10.6 Å². The van der Waals surface area contributed by atoms with Crippen molar-refractivity contribution in [3.63, 3.8) is 0 Å². The van der Waals surface area contributed by atoms with E-state index >= 15 is 0 Å². The van der Waals surface area contributed by atoms with Gasteiger partial charge in [-0.3, -0.25) is 9.59 Å². The second-order valence-electron chi connectivity index (χ2n) is 6.92. The second kappa shape index (κ2) is 8.12. The molecule has 0 radical (unpaired) electrons. The minimum atomic E-state index is -0.0685. The molecular formula is C18H27N3O2S. The van der Waals surface area contributed by atoms with Gasteiger partial charge < -0.3 is 15.5 Å². The third kappa shape index (κ3) is 4.16. The predicted octanol–water partition coefficient (Wildman–Crippen LogP) is 1.96. The minimum absolute atomic E-state index is 0.0230. The molecular weight excluding hydrogens is 322 g/mol. The summed E-state index contributed by atoms with van der Waals surface area (Å²) in [5.74, 6) is 0.624. The van der Waals surface area contributed by atoms with Crippen molar-refractivity contribution in [3.8, 4) is 0 Å². The van der Waals surface area contributed by atoms with E-state index in [0.717, 1.165) is 50.2 Å². The fourth-order valence-corrected chi connectivity index (χ4v) is 4.42. The van der Waals surface area contributed by atoms with Gasteiger partial charge in [0.2, 0.25) is 11.8 Å². The number of carbonyl (C=O) groups excluding carboxylic acids is 2. The van der Waals surface area contributed by atoms with Crippen LogP contribution in [0.1, 0.15) is 43.4 Å². The molecule has 0 saturated carbocycles. The molecule has 0 aliphatic carbocycles. The molecule has 2 N–H and O–H groups in total. The van der Waals surface area contributed by atoms with Crippen molar-refractivity contribution in [3.05, 3.63) is 22.4 Å². The van der Waals surface area contributed by atoms with Gasteiger partial charge in [0.1, 0.15) is 0 Å². The molecule has 2 aliphatic rings. The molecule has 24 heavy (non-hydrogen) atoms. The lowest BCUT2D eigenvalue weighted by atomic mass is 9.96. The van der Waals surface area contributed by atoms with E-state index in [-0.39, 0.29) is 23.8 Å². The van der Waals surface area contributed by atoms with Gasteiger partial charge in [0.15, 0.2) is 0 Å². The lowest BCUT2D eigenvalue weighted by Crippen LogP contribution is -2.47. The van der Waals surface area contributed by atoms with Crippen LogP contribution in [0.2, 0.25) is 0 Å². The Labute approximate surface area is 147 Å². The molecule has 3 heterocycles. The number of thiophene rings is 1. The number of hydrogen-bond acceptors (Lipinski definition) is 4. The zero-order valence-electron chi connectivity index (χ0n) is 14.3. The number of rotatable bonds is 5. The number of hydrogen-bond donors (Lipinski definition) is 2. The molecule has 0 spiro atoms. The van der Waals surface area contributed by atoms with E-state index in [1.807, 2.05) is 29.3 Å². The largest absolute Gasteiger partial charge is 0.354 e. The van der Waals surface area contributed by atoms with Gasteiger partial charge in [-0.05, 0) is 56.5 Å². The molecule has 1 aromatic rings. The summed E-state index contributed by atoms with van der Waals surface area (Å²) in [4.78, 5) is 28.0. The standard InChI is InChI=1S/C18H27N3O2S/c1-13(16-7-4-10-24-16)18(23)21-9-3-5-14(12-21)11-20-17(22)15-6-2-8-19-15/h4,7,10,13-15,19H,2-3,5-6,8-9,11-12H2,1H3,(H,20,22)/t13-,14-,15+/m0/s1. The highest BCUT2D eigenvalue weighted by Gasteiger charge is 2.29. The number of likely N-dealkylation sites (tertiary alicyclic amines) is 1. The Balaban J connectivity index is 1.48. The number of amides is 2. The summed E-state index contributed by atoms with van der Waals surface area (Å²) in [5.41, 5.74) is 0. The molecule has 3 atom stereocenters.